The van der Waals surface area contributed by atoms with Gasteiger partial charge in [-0.3, -0.25) is 4.79 Å². The van der Waals surface area contributed by atoms with Crippen molar-refractivity contribution in [1.82, 2.24) is 15.3 Å². The Morgan fingerprint density at radius 1 is 1.42 bits per heavy atom. The smallest absolute Gasteiger partial charge is 0.227 e. The number of amides is 1. The van der Waals surface area contributed by atoms with Crippen LogP contribution in [0.15, 0.2) is 36.7 Å². The monoisotopic (exact) mass is 255 g/mol. The van der Waals surface area contributed by atoms with Gasteiger partial charge in [-0.1, -0.05) is 24.3 Å². The molecule has 0 aliphatic heterocycles. The van der Waals surface area contributed by atoms with Crippen molar-refractivity contribution in [2.45, 2.75) is 25.2 Å². The lowest BCUT2D eigenvalue weighted by molar-refractivity contribution is -0.123. The highest BCUT2D eigenvalue weighted by molar-refractivity contribution is 5.86. The average molecular weight is 255 g/mol. The van der Waals surface area contributed by atoms with Crippen LogP contribution in [-0.2, 0) is 17.6 Å². The van der Waals surface area contributed by atoms with E-state index in [1.165, 1.54) is 11.1 Å². The Balaban J connectivity index is 1.43. The summed E-state index contributed by atoms with van der Waals surface area (Å²) in [4.78, 5) is 19.2. The topological polar surface area (TPSA) is 57.8 Å². The molecule has 0 saturated carbocycles. The molecule has 0 saturated heterocycles. The van der Waals surface area contributed by atoms with Crippen molar-refractivity contribution >= 4 is 5.91 Å². The van der Waals surface area contributed by atoms with Crippen LogP contribution in [0.4, 0.5) is 0 Å². The van der Waals surface area contributed by atoms with Gasteiger partial charge in [0.25, 0.3) is 0 Å². The van der Waals surface area contributed by atoms with Gasteiger partial charge in [0.05, 0.1) is 5.92 Å². The summed E-state index contributed by atoms with van der Waals surface area (Å²) < 4.78 is 0. The van der Waals surface area contributed by atoms with Gasteiger partial charge in [-0.05, 0) is 24.0 Å². The van der Waals surface area contributed by atoms with Gasteiger partial charge in [-0.2, -0.15) is 0 Å². The second kappa shape index (κ2) is 5.26. The van der Waals surface area contributed by atoms with Crippen LogP contribution in [0.5, 0.6) is 0 Å². The highest BCUT2D eigenvalue weighted by atomic mass is 16.1. The summed E-state index contributed by atoms with van der Waals surface area (Å²) in [7, 11) is 0. The summed E-state index contributed by atoms with van der Waals surface area (Å²) in [6.07, 6.45) is 6.22. The number of rotatable bonds is 5. The third kappa shape index (κ3) is 2.52. The van der Waals surface area contributed by atoms with Crippen molar-refractivity contribution in [3.8, 4) is 0 Å². The van der Waals surface area contributed by atoms with E-state index in [0.717, 1.165) is 25.1 Å². The first-order valence-electron chi connectivity index (χ1n) is 6.68. The molecule has 1 aromatic heterocycles. The SMILES string of the molecule is O=C(NCCCc1ncc[nH]1)C1Cc2ccccc21. The number of carbonyl (C=O) groups excluding carboxylic acids is 1. The van der Waals surface area contributed by atoms with Crippen molar-refractivity contribution in [3.63, 3.8) is 0 Å². The summed E-state index contributed by atoms with van der Waals surface area (Å²) >= 11 is 0. The van der Waals surface area contributed by atoms with Crippen molar-refractivity contribution in [2.75, 3.05) is 6.54 Å². The first-order valence-corrected chi connectivity index (χ1v) is 6.68. The van der Waals surface area contributed by atoms with E-state index in [2.05, 4.69) is 21.4 Å². The molecular formula is C15H17N3O. The molecule has 98 valence electrons. The van der Waals surface area contributed by atoms with E-state index in [9.17, 15) is 4.79 Å². The molecule has 1 amide bonds. The second-order valence-electron chi connectivity index (χ2n) is 4.89. The number of H-pyrrole nitrogens is 1. The molecular weight excluding hydrogens is 238 g/mol. The van der Waals surface area contributed by atoms with E-state index in [4.69, 9.17) is 0 Å². The number of fused-ring (bicyclic) bond motifs is 1. The van der Waals surface area contributed by atoms with Crippen LogP contribution in [0.1, 0.15) is 29.3 Å². The molecule has 0 spiro atoms. The number of aryl methyl sites for hydroxylation is 1. The fourth-order valence-corrected chi connectivity index (χ4v) is 2.52. The molecule has 3 rings (SSSR count). The van der Waals surface area contributed by atoms with Crippen LogP contribution >= 0.6 is 0 Å². The first kappa shape index (κ1) is 12.0. The highest BCUT2D eigenvalue weighted by Gasteiger charge is 2.31. The predicted molar refractivity (Wildman–Crippen MR) is 72.8 cm³/mol. The normalized spacial score (nSPS) is 16.5. The Hall–Kier alpha value is -2.10. The summed E-state index contributed by atoms with van der Waals surface area (Å²) in [5.41, 5.74) is 2.49. The minimum atomic E-state index is 0.0554. The molecule has 4 nitrogen and oxygen atoms in total. The van der Waals surface area contributed by atoms with Gasteiger partial charge in [-0.25, -0.2) is 4.98 Å². The van der Waals surface area contributed by atoms with E-state index in [1.807, 2.05) is 24.4 Å². The van der Waals surface area contributed by atoms with Crippen LogP contribution in [-0.4, -0.2) is 22.4 Å². The van der Waals surface area contributed by atoms with Gasteiger partial charge in [0.2, 0.25) is 5.91 Å². The maximum Gasteiger partial charge on any atom is 0.227 e. The fraction of sp³-hybridized carbons (Fsp3) is 0.333. The number of nitrogens with zero attached hydrogens (tertiary/aromatic N) is 1. The van der Waals surface area contributed by atoms with Crippen molar-refractivity contribution < 1.29 is 4.79 Å². The number of hydrogen-bond donors (Lipinski definition) is 2. The maximum atomic E-state index is 12.0. The zero-order chi connectivity index (χ0) is 13.1. The minimum absolute atomic E-state index is 0.0554. The molecule has 1 unspecified atom stereocenters. The summed E-state index contributed by atoms with van der Waals surface area (Å²) in [5.74, 6) is 1.18. The Kier molecular flexibility index (Phi) is 3.31. The van der Waals surface area contributed by atoms with E-state index in [1.54, 1.807) is 6.20 Å². The number of aromatic amines is 1. The molecule has 2 N–H and O–H groups in total. The maximum absolute atomic E-state index is 12.0. The van der Waals surface area contributed by atoms with E-state index in [0.29, 0.717) is 6.54 Å². The number of hydrogen-bond acceptors (Lipinski definition) is 2. The summed E-state index contributed by atoms with van der Waals surface area (Å²) in [5, 5.41) is 3.01. The van der Waals surface area contributed by atoms with Crippen LogP contribution in [0.25, 0.3) is 0 Å². The molecule has 1 aliphatic rings. The van der Waals surface area contributed by atoms with Crippen LogP contribution in [0, 0.1) is 0 Å². The first-order chi connectivity index (χ1) is 9.34. The molecule has 1 atom stereocenters. The van der Waals surface area contributed by atoms with Crippen molar-refractivity contribution in [2.24, 2.45) is 0 Å². The second-order valence-corrected chi connectivity index (χ2v) is 4.89. The highest BCUT2D eigenvalue weighted by Crippen LogP contribution is 2.34. The van der Waals surface area contributed by atoms with Crippen LogP contribution in [0.2, 0.25) is 0 Å². The number of aromatic nitrogens is 2. The van der Waals surface area contributed by atoms with Gasteiger partial charge in [0.15, 0.2) is 0 Å². The number of carbonyl (C=O) groups is 1. The lowest BCUT2D eigenvalue weighted by Gasteiger charge is -2.28. The number of benzene rings is 1. The van der Waals surface area contributed by atoms with Gasteiger partial charge in [0.1, 0.15) is 5.82 Å². The largest absolute Gasteiger partial charge is 0.356 e. The predicted octanol–water partition coefficient (Wildman–Crippen LogP) is 1.80. The van der Waals surface area contributed by atoms with Crippen LogP contribution in [0.3, 0.4) is 0 Å². The molecule has 0 radical (unpaired) electrons. The van der Waals surface area contributed by atoms with Crippen molar-refractivity contribution in [3.05, 3.63) is 53.6 Å². The third-order valence-corrected chi connectivity index (χ3v) is 3.62. The quantitative estimate of drug-likeness (QED) is 0.800. The Labute approximate surface area is 112 Å². The lowest BCUT2D eigenvalue weighted by atomic mass is 9.77. The van der Waals surface area contributed by atoms with Gasteiger partial charge in [-0.15, -0.1) is 0 Å². The number of imidazole rings is 1. The molecule has 2 aromatic rings. The fourth-order valence-electron chi connectivity index (χ4n) is 2.52. The summed E-state index contributed by atoms with van der Waals surface area (Å²) in [6.45, 7) is 0.707. The van der Waals surface area contributed by atoms with E-state index < -0.39 is 0 Å². The Morgan fingerprint density at radius 2 is 2.32 bits per heavy atom. The van der Waals surface area contributed by atoms with E-state index in [-0.39, 0.29) is 11.8 Å². The Morgan fingerprint density at radius 3 is 3.11 bits per heavy atom. The van der Waals surface area contributed by atoms with Gasteiger partial charge in [0, 0.05) is 25.4 Å². The zero-order valence-electron chi connectivity index (χ0n) is 10.7. The molecule has 1 heterocycles. The zero-order valence-corrected chi connectivity index (χ0v) is 10.7. The van der Waals surface area contributed by atoms with E-state index >= 15 is 0 Å². The van der Waals surface area contributed by atoms with Crippen molar-refractivity contribution in [1.29, 1.82) is 0 Å². The van der Waals surface area contributed by atoms with Gasteiger partial charge >= 0.3 is 0 Å². The van der Waals surface area contributed by atoms with Gasteiger partial charge < -0.3 is 10.3 Å². The molecule has 1 aliphatic carbocycles. The molecule has 4 heteroatoms. The minimum Gasteiger partial charge on any atom is -0.356 e. The molecule has 0 bridgehead atoms. The molecule has 0 fully saturated rings. The lowest BCUT2D eigenvalue weighted by Crippen LogP contribution is -2.36. The number of nitrogens with one attached hydrogen (secondary N) is 2. The molecule has 1 aromatic carbocycles. The summed E-state index contributed by atoms with van der Waals surface area (Å²) in [6, 6.07) is 8.16. The Bertz CT molecular complexity index is 563. The van der Waals surface area contributed by atoms with Crippen LogP contribution < -0.4 is 5.32 Å². The average Bonchev–Trinajstić information content (AvgIpc) is 2.89. The molecule has 19 heavy (non-hydrogen) atoms. The third-order valence-electron chi connectivity index (χ3n) is 3.62. The standard InChI is InChI=1S/C15H17N3O/c19-15(13-10-11-4-1-2-5-12(11)13)18-7-3-6-14-16-8-9-17-14/h1-2,4-5,8-9,13H,3,6-7,10H2,(H,16,17)(H,18,19).